The first-order valence-corrected chi connectivity index (χ1v) is 8.58. The Kier molecular flexibility index (Phi) is 11.7. The molecule has 0 saturated carbocycles. The molecule has 0 aliphatic carbocycles. The summed E-state index contributed by atoms with van der Waals surface area (Å²) < 4.78 is 0. The maximum atomic E-state index is 11.1. The normalized spacial score (nSPS) is 11.8. The van der Waals surface area contributed by atoms with Crippen molar-refractivity contribution in [2.45, 2.75) is 97.8 Å². The van der Waals surface area contributed by atoms with Gasteiger partial charge in [0.25, 0.3) is 0 Å². The highest BCUT2D eigenvalue weighted by atomic mass is 35.5. The van der Waals surface area contributed by atoms with Crippen molar-refractivity contribution in [3.05, 3.63) is 0 Å². The molecule has 0 saturated heterocycles. The lowest BCUT2D eigenvalue weighted by molar-refractivity contribution is -0.119. The van der Waals surface area contributed by atoms with Crippen molar-refractivity contribution in [2.24, 2.45) is 5.41 Å². The Bertz CT molecular complexity index is 223. The molecule has 0 N–H and O–H groups in total. The van der Waals surface area contributed by atoms with Gasteiger partial charge in [-0.1, -0.05) is 91.4 Å². The van der Waals surface area contributed by atoms with Crippen LogP contribution in [0.2, 0.25) is 0 Å². The van der Waals surface area contributed by atoms with E-state index in [2.05, 4.69) is 6.92 Å². The number of carbonyl (C=O) groups excluding carboxylic acids is 1. The van der Waals surface area contributed by atoms with Crippen molar-refractivity contribution in [3.8, 4) is 0 Å². The summed E-state index contributed by atoms with van der Waals surface area (Å²) in [6.45, 7) is 6.15. The van der Waals surface area contributed by atoms with Crippen LogP contribution in [-0.2, 0) is 4.79 Å². The minimum absolute atomic E-state index is 0.195. The monoisotopic (exact) mass is 288 g/mol. The van der Waals surface area contributed by atoms with Crippen molar-refractivity contribution < 1.29 is 4.79 Å². The fourth-order valence-electron chi connectivity index (χ4n) is 2.33. The van der Waals surface area contributed by atoms with Crippen molar-refractivity contribution >= 4 is 16.8 Å². The minimum Gasteiger partial charge on any atom is -0.281 e. The van der Waals surface area contributed by atoms with Gasteiger partial charge < -0.3 is 0 Å². The summed E-state index contributed by atoms with van der Waals surface area (Å²) >= 11 is 5.56. The van der Waals surface area contributed by atoms with E-state index in [0.29, 0.717) is 0 Å². The molecule has 19 heavy (non-hydrogen) atoms. The van der Waals surface area contributed by atoms with Crippen LogP contribution in [0.4, 0.5) is 0 Å². The average Bonchev–Trinajstić information content (AvgIpc) is 2.35. The zero-order chi connectivity index (χ0) is 14.6. The van der Waals surface area contributed by atoms with Gasteiger partial charge >= 0.3 is 0 Å². The lowest BCUT2D eigenvalue weighted by Gasteiger charge is -2.18. The highest BCUT2D eigenvalue weighted by molar-refractivity contribution is 6.64. The smallest absolute Gasteiger partial charge is 0.227 e. The van der Waals surface area contributed by atoms with Crippen molar-refractivity contribution in [1.29, 1.82) is 0 Å². The van der Waals surface area contributed by atoms with E-state index >= 15 is 0 Å². The van der Waals surface area contributed by atoms with Crippen LogP contribution in [-0.4, -0.2) is 5.24 Å². The first-order valence-electron chi connectivity index (χ1n) is 8.20. The Morgan fingerprint density at radius 1 is 0.789 bits per heavy atom. The average molecular weight is 289 g/mol. The van der Waals surface area contributed by atoms with Crippen LogP contribution >= 0.6 is 11.6 Å². The molecule has 0 bridgehead atoms. The molecule has 0 unspecified atom stereocenters. The van der Waals surface area contributed by atoms with E-state index < -0.39 is 0 Å². The Hall–Kier alpha value is -0.0400. The second kappa shape index (κ2) is 11.8. The molecule has 0 aliphatic rings. The summed E-state index contributed by atoms with van der Waals surface area (Å²) in [6.07, 6.45) is 15.7. The summed E-state index contributed by atoms with van der Waals surface area (Å²) in [5.41, 5.74) is -0.333. The standard InChI is InChI=1S/C17H33ClO/c1-4-5-6-7-8-9-10-11-12-13-14-15-17(2,3)16(18)19/h4-15H2,1-3H3. The third-order valence-electron chi connectivity index (χ3n) is 3.94. The van der Waals surface area contributed by atoms with Gasteiger partial charge in [-0.15, -0.1) is 0 Å². The lowest BCUT2D eigenvalue weighted by Crippen LogP contribution is -2.18. The number of hydrogen-bond acceptors (Lipinski definition) is 1. The van der Waals surface area contributed by atoms with Crippen molar-refractivity contribution in [1.82, 2.24) is 0 Å². The van der Waals surface area contributed by atoms with Crippen molar-refractivity contribution in [2.75, 3.05) is 0 Å². The maximum Gasteiger partial charge on any atom is 0.227 e. The van der Waals surface area contributed by atoms with Crippen LogP contribution in [0, 0.1) is 5.41 Å². The fraction of sp³-hybridized carbons (Fsp3) is 0.941. The van der Waals surface area contributed by atoms with Gasteiger partial charge in [-0.25, -0.2) is 0 Å². The molecule has 0 fully saturated rings. The third kappa shape index (κ3) is 11.5. The molecule has 1 nitrogen and oxygen atoms in total. The summed E-state index contributed by atoms with van der Waals surface area (Å²) in [5.74, 6) is 0. The summed E-state index contributed by atoms with van der Waals surface area (Å²) in [7, 11) is 0. The van der Waals surface area contributed by atoms with Crippen molar-refractivity contribution in [3.63, 3.8) is 0 Å². The lowest BCUT2D eigenvalue weighted by atomic mass is 9.88. The Morgan fingerprint density at radius 3 is 1.53 bits per heavy atom. The van der Waals surface area contributed by atoms with Crippen LogP contribution in [0.15, 0.2) is 0 Å². The van der Waals surface area contributed by atoms with E-state index in [0.717, 1.165) is 12.8 Å². The van der Waals surface area contributed by atoms with E-state index in [1.807, 2.05) is 13.8 Å². The van der Waals surface area contributed by atoms with E-state index in [9.17, 15) is 4.79 Å². The number of rotatable bonds is 13. The zero-order valence-corrected chi connectivity index (χ0v) is 14.0. The van der Waals surface area contributed by atoms with Gasteiger partial charge in [-0.3, -0.25) is 4.79 Å². The van der Waals surface area contributed by atoms with E-state index in [4.69, 9.17) is 11.6 Å². The van der Waals surface area contributed by atoms with Gasteiger partial charge in [0, 0.05) is 5.41 Å². The highest BCUT2D eigenvalue weighted by Gasteiger charge is 2.24. The molecule has 0 radical (unpaired) electrons. The highest BCUT2D eigenvalue weighted by Crippen LogP contribution is 2.26. The molecule has 0 aromatic rings. The molecule has 0 atom stereocenters. The largest absolute Gasteiger partial charge is 0.281 e. The molecular formula is C17H33ClO. The maximum absolute atomic E-state index is 11.1. The molecule has 0 rings (SSSR count). The summed E-state index contributed by atoms with van der Waals surface area (Å²) in [6, 6.07) is 0. The SMILES string of the molecule is CCCCCCCCCCCCCC(C)(C)C(=O)Cl. The first-order chi connectivity index (χ1) is 9.00. The van der Waals surface area contributed by atoms with Gasteiger partial charge in [-0.2, -0.15) is 0 Å². The van der Waals surface area contributed by atoms with Crippen LogP contribution in [0.3, 0.4) is 0 Å². The third-order valence-corrected chi connectivity index (χ3v) is 4.45. The fourth-order valence-corrected chi connectivity index (χ4v) is 2.42. The molecule has 0 heterocycles. The predicted molar refractivity (Wildman–Crippen MR) is 85.7 cm³/mol. The van der Waals surface area contributed by atoms with Gasteiger partial charge in [0.1, 0.15) is 0 Å². The molecular weight excluding hydrogens is 256 g/mol. The van der Waals surface area contributed by atoms with Crippen LogP contribution in [0.5, 0.6) is 0 Å². The number of unbranched alkanes of at least 4 members (excludes halogenated alkanes) is 10. The molecule has 114 valence electrons. The molecule has 0 aromatic carbocycles. The molecule has 2 heteroatoms. The summed E-state index contributed by atoms with van der Waals surface area (Å²) in [5, 5.41) is -0.195. The number of carbonyl (C=O) groups is 1. The Morgan fingerprint density at radius 2 is 1.16 bits per heavy atom. The zero-order valence-electron chi connectivity index (χ0n) is 13.3. The van der Waals surface area contributed by atoms with Gasteiger partial charge in [0.2, 0.25) is 5.24 Å². The number of hydrogen-bond donors (Lipinski definition) is 0. The number of halogens is 1. The molecule has 0 spiro atoms. The second-order valence-electron chi connectivity index (χ2n) is 6.44. The van der Waals surface area contributed by atoms with Gasteiger partial charge in [0.15, 0.2) is 0 Å². The summed E-state index contributed by atoms with van der Waals surface area (Å²) in [4.78, 5) is 11.1. The Labute approximate surface area is 125 Å². The second-order valence-corrected chi connectivity index (χ2v) is 6.79. The molecule has 0 aliphatic heterocycles. The molecule has 0 amide bonds. The first kappa shape index (κ1) is 19.0. The topological polar surface area (TPSA) is 17.1 Å². The minimum atomic E-state index is -0.333. The van der Waals surface area contributed by atoms with E-state index in [1.54, 1.807) is 0 Å². The quantitative estimate of drug-likeness (QED) is 0.280. The van der Waals surface area contributed by atoms with E-state index in [1.165, 1.54) is 64.2 Å². The predicted octanol–water partition coefficient (Wildman–Crippen LogP) is 6.48. The molecule has 0 aromatic heterocycles. The van der Waals surface area contributed by atoms with Gasteiger partial charge in [0.05, 0.1) is 0 Å². The van der Waals surface area contributed by atoms with Crippen LogP contribution in [0.1, 0.15) is 97.8 Å². The van der Waals surface area contributed by atoms with E-state index in [-0.39, 0.29) is 10.7 Å². The Balaban J connectivity index is 3.21. The van der Waals surface area contributed by atoms with Gasteiger partial charge in [-0.05, 0) is 18.0 Å². The van der Waals surface area contributed by atoms with Crippen LogP contribution in [0.25, 0.3) is 0 Å². The van der Waals surface area contributed by atoms with Crippen LogP contribution < -0.4 is 0 Å².